The van der Waals surface area contributed by atoms with Gasteiger partial charge < -0.3 is 5.32 Å². The fourth-order valence-corrected chi connectivity index (χ4v) is 1.09. The van der Waals surface area contributed by atoms with E-state index in [0.29, 0.717) is 0 Å². The molecule has 16 heavy (non-hydrogen) atoms. The molecule has 7 heteroatoms. The van der Waals surface area contributed by atoms with Crippen molar-refractivity contribution < 1.29 is 0 Å². The maximum absolute atomic E-state index is 4.13. The maximum atomic E-state index is 4.13. The monoisotopic (exact) mass is 261 g/mol. The van der Waals surface area contributed by atoms with E-state index in [1.165, 1.54) is 0 Å². The van der Waals surface area contributed by atoms with E-state index in [-0.39, 0.29) is 24.8 Å². The molecule has 0 spiro atoms. The van der Waals surface area contributed by atoms with Gasteiger partial charge in [-0.25, -0.2) is 10.4 Å². The average Bonchev–Trinajstić information content (AvgIpc) is 2.72. The Kier molecular flexibility index (Phi) is 7.24. The summed E-state index contributed by atoms with van der Waals surface area (Å²) in [5, 5.41) is 7.07. The molecule has 0 atom stereocenters. The number of aromatic nitrogens is 1. The topological polar surface area (TPSA) is 61.7 Å². The summed E-state index contributed by atoms with van der Waals surface area (Å²) in [5.74, 6) is 0.727. The summed E-state index contributed by atoms with van der Waals surface area (Å²) in [6.45, 7) is 1.69. The lowest BCUT2D eigenvalue weighted by Crippen LogP contribution is -2.30. The Morgan fingerprint density at radius 2 is 2.31 bits per heavy atom. The number of nitrogens with zero attached hydrogens (tertiary/aromatic N) is 3. The Labute approximate surface area is 106 Å². The summed E-state index contributed by atoms with van der Waals surface area (Å²) in [5.41, 5.74) is 3.77. The van der Waals surface area contributed by atoms with Gasteiger partial charge in [0.15, 0.2) is 0 Å². The quantitative estimate of drug-likeness (QED) is 0.612. The van der Waals surface area contributed by atoms with Gasteiger partial charge in [0.1, 0.15) is 0 Å². The number of halogens is 2. The van der Waals surface area contributed by atoms with Gasteiger partial charge in [-0.3, -0.25) is 4.98 Å². The van der Waals surface area contributed by atoms with E-state index < -0.39 is 0 Å². The van der Waals surface area contributed by atoms with Gasteiger partial charge in [-0.2, -0.15) is 5.10 Å². The summed E-state index contributed by atoms with van der Waals surface area (Å²) in [7, 11) is 0. The van der Waals surface area contributed by atoms with Crippen molar-refractivity contribution in [3.8, 4) is 0 Å². The summed E-state index contributed by atoms with van der Waals surface area (Å²) in [4.78, 5) is 8.10. The van der Waals surface area contributed by atoms with Gasteiger partial charge in [-0.05, 0) is 6.07 Å². The fraction of sp³-hybridized carbons (Fsp3) is 0.222. The van der Waals surface area contributed by atoms with Crippen molar-refractivity contribution in [3.63, 3.8) is 0 Å². The number of guanidine groups is 1. The Bertz CT molecular complexity index is 352. The van der Waals surface area contributed by atoms with Crippen LogP contribution in [-0.4, -0.2) is 30.2 Å². The van der Waals surface area contributed by atoms with Crippen LogP contribution in [0.1, 0.15) is 5.56 Å². The minimum atomic E-state index is 0. The summed E-state index contributed by atoms with van der Waals surface area (Å²) in [6, 6.07) is 3.80. The predicted molar refractivity (Wildman–Crippen MR) is 69.8 cm³/mol. The van der Waals surface area contributed by atoms with Gasteiger partial charge in [0.2, 0.25) is 5.96 Å². The van der Waals surface area contributed by atoms with Gasteiger partial charge in [0.25, 0.3) is 0 Å². The largest absolute Gasteiger partial charge is 0.353 e. The number of hydrogen-bond donors (Lipinski definition) is 2. The van der Waals surface area contributed by atoms with E-state index in [4.69, 9.17) is 0 Å². The van der Waals surface area contributed by atoms with E-state index in [2.05, 4.69) is 25.8 Å². The number of pyridine rings is 1. The molecule has 0 saturated heterocycles. The molecule has 0 fully saturated rings. The third-order valence-corrected chi connectivity index (χ3v) is 1.74. The lowest BCUT2D eigenvalue weighted by atomic mass is 10.3. The van der Waals surface area contributed by atoms with Crippen LogP contribution in [0.15, 0.2) is 34.6 Å². The van der Waals surface area contributed by atoms with Crippen LogP contribution in [0.25, 0.3) is 0 Å². The Balaban J connectivity index is 0.00000112. The van der Waals surface area contributed by atoms with E-state index in [0.717, 1.165) is 24.6 Å². The van der Waals surface area contributed by atoms with Crippen molar-refractivity contribution in [2.45, 2.75) is 0 Å². The van der Waals surface area contributed by atoms with Crippen molar-refractivity contribution in [1.29, 1.82) is 0 Å². The number of nitrogens with one attached hydrogen (secondary N) is 2. The van der Waals surface area contributed by atoms with Crippen LogP contribution in [0.4, 0.5) is 0 Å². The molecule has 2 rings (SSSR count). The van der Waals surface area contributed by atoms with Gasteiger partial charge in [0.05, 0.1) is 12.8 Å². The Morgan fingerprint density at radius 1 is 1.44 bits per heavy atom. The van der Waals surface area contributed by atoms with Gasteiger partial charge in [0, 0.05) is 24.5 Å². The van der Waals surface area contributed by atoms with E-state index in [1.807, 2.05) is 12.1 Å². The van der Waals surface area contributed by atoms with Crippen LogP contribution >= 0.6 is 24.8 Å². The molecule has 2 heterocycles. The first-order valence-electron chi connectivity index (χ1n) is 4.42. The lowest BCUT2D eigenvalue weighted by molar-refractivity contribution is 0.919. The van der Waals surface area contributed by atoms with Crippen molar-refractivity contribution in [2.24, 2.45) is 10.1 Å². The van der Waals surface area contributed by atoms with Crippen molar-refractivity contribution in [1.82, 2.24) is 15.7 Å². The molecule has 0 aromatic carbocycles. The number of rotatable bonds is 2. The highest BCUT2D eigenvalue weighted by molar-refractivity contribution is 5.85. The molecule has 0 unspecified atom stereocenters. The van der Waals surface area contributed by atoms with E-state index in [1.54, 1.807) is 18.6 Å². The molecule has 0 aliphatic carbocycles. The third kappa shape index (κ3) is 4.46. The molecule has 2 N–H and O–H groups in total. The van der Waals surface area contributed by atoms with Crippen LogP contribution in [0, 0.1) is 0 Å². The Hall–Kier alpha value is -1.33. The highest BCUT2D eigenvalue weighted by Gasteiger charge is 2.00. The van der Waals surface area contributed by atoms with Crippen LogP contribution < -0.4 is 10.7 Å². The SMILES string of the molecule is C(=NNC1=NCCN1)c1cccnc1.Cl.Cl. The first-order valence-corrected chi connectivity index (χ1v) is 4.42. The zero-order valence-electron chi connectivity index (χ0n) is 8.46. The average molecular weight is 262 g/mol. The normalized spacial score (nSPS) is 13.4. The first-order chi connectivity index (χ1) is 6.95. The summed E-state index contributed by atoms with van der Waals surface area (Å²) >= 11 is 0. The molecule has 0 radical (unpaired) electrons. The molecule has 0 bridgehead atoms. The second kappa shape index (κ2) is 7.90. The molecule has 88 valence electrons. The molecule has 1 aliphatic heterocycles. The first kappa shape index (κ1) is 14.7. The third-order valence-electron chi connectivity index (χ3n) is 1.74. The predicted octanol–water partition coefficient (Wildman–Crippen LogP) is 0.808. The van der Waals surface area contributed by atoms with Gasteiger partial charge in [-0.15, -0.1) is 24.8 Å². The second-order valence-corrected chi connectivity index (χ2v) is 2.81. The number of aliphatic imine (C=N–C) groups is 1. The molecule has 1 aromatic rings. The molecule has 0 saturated carbocycles. The van der Waals surface area contributed by atoms with Crippen LogP contribution in [0.3, 0.4) is 0 Å². The molecule has 1 aromatic heterocycles. The standard InChI is InChI=1S/C9H11N5.2ClH/c1-2-8(6-10-3-1)7-13-14-9-11-4-5-12-9;;/h1-3,6-7H,4-5H2,(H2,11,12,14);2*1H. The lowest BCUT2D eigenvalue weighted by Gasteiger charge is -1.98. The highest BCUT2D eigenvalue weighted by atomic mass is 35.5. The fourth-order valence-electron chi connectivity index (χ4n) is 1.09. The van der Waals surface area contributed by atoms with Crippen molar-refractivity contribution in [2.75, 3.05) is 13.1 Å². The number of hydrazone groups is 1. The van der Waals surface area contributed by atoms with E-state index in [9.17, 15) is 0 Å². The van der Waals surface area contributed by atoms with Crippen LogP contribution in [-0.2, 0) is 0 Å². The van der Waals surface area contributed by atoms with Gasteiger partial charge in [-0.1, -0.05) is 6.07 Å². The molecule has 1 aliphatic rings. The van der Waals surface area contributed by atoms with Crippen LogP contribution in [0.2, 0.25) is 0 Å². The van der Waals surface area contributed by atoms with Crippen molar-refractivity contribution in [3.05, 3.63) is 30.1 Å². The molecular weight excluding hydrogens is 249 g/mol. The van der Waals surface area contributed by atoms with E-state index >= 15 is 0 Å². The smallest absolute Gasteiger partial charge is 0.212 e. The number of hydrogen-bond acceptors (Lipinski definition) is 5. The van der Waals surface area contributed by atoms with Crippen molar-refractivity contribution >= 4 is 37.0 Å². The second-order valence-electron chi connectivity index (χ2n) is 2.81. The van der Waals surface area contributed by atoms with Gasteiger partial charge >= 0.3 is 0 Å². The minimum absolute atomic E-state index is 0. The maximum Gasteiger partial charge on any atom is 0.212 e. The summed E-state index contributed by atoms with van der Waals surface area (Å²) < 4.78 is 0. The summed E-state index contributed by atoms with van der Waals surface area (Å²) in [6.07, 6.45) is 5.18. The zero-order chi connectivity index (χ0) is 9.64. The zero-order valence-corrected chi connectivity index (χ0v) is 10.1. The molecule has 0 amide bonds. The molecular formula is C9H13Cl2N5. The molecule has 5 nitrogen and oxygen atoms in total. The van der Waals surface area contributed by atoms with Crippen LogP contribution in [0.5, 0.6) is 0 Å². The highest BCUT2D eigenvalue weighted by Crippen LogP contribution is 1.89. The Morgan fingerprint density at radius 3 is 2.94 bits per heavy atom. The minimum Gasteiger partial charge on any atom is -0.353 e.